The summed E-state index contributed by atoms with van der Waals surface area (Å²) in [5.74, 6) is 0. The fraction of sp³-hybridized carbons (Fsp3) is 0. The van der Waals surface area contributed by atoms with Crippen LogP contribution in [0.15, 0.2) is 191 Å². The molecule has 6 heteroatoms. The zero-order valence-electron chi connectivity index (χ0n) is 32.1. The molecular weight excluding hydrogens is 733 g/mol. The maximum atomic E-state index is 6.89. The normalized spacial score (nSPS) is 13.6. The summed E-state index contributed by atoms with van der Waals surface area (Å²) in [6, 6.07) is 66.1. The van der Waals surface area contributed by atoms with Crippen LogP contribution in [-0.4, -0.2) is 11.4 Å². The molecule has 9 aromatic carbocycles. The van der Waals surface area contributed by atoms with E-state index in [0.717, 1.165) is 77.8 Å². The third-order valence-electron chi connectivity index (χ3n) is 13.5. The van der Waals surface area contributed by atoms with E-state index < -0.39 is 0 Å². The quantitative estimate of drug-likeness (QED) is 0.164. The van der Waals surface area contributed by atoms with E-state index in [4.69, 9.17) is 8.83 Å². The molecule has 0 atom stereocenters. The third kappa shape index (κ3) is 3.71. The zero-order chi connectivity index (χ0) is 38.8. The van der Waals surface area contributed by atoms with Gasteiger partial charge in [-0.1, -0.05) is 97.1 Å². The first kappa shape index (κ1) is 31.1. The molecule has 0 fully saturated rings. The second kappa shape index (κ2) is 11.0. The van der Waals surface area contributed by atoms with Crippen LogP contribution in [0.3, 0.4) is 0 Å². The van der Waals surface area contributed by atoms with Crippen molar-refractivity contribution < 1.29 is 8.83 Å². The lowest BCUT2D eigenvalue weighted by molar-refractivity contribution is 0.670. The predicted molar refractivity (Wildman–Crippen MR) is 248 cm³/mol. The molecule has 15 rings (SSSR count). The molecule has 3 aliphatic rings. The van der Waals surface area contributed by atoms with E-state index >= 15 is 0 Å². The van der Waals surface area contributed by atoms with Crippen LogP contribution in [0.4, 0.5) is 28.4 Å². The molecule has 3 aliphatic heterocycles. The van der Waals surface area contributed by atoms with Crippen LogP contribution in [0.2, 0.25) is 0 Å². The number of para-hydroxylation sites is 4. The molecule has 0 saturated heterocycles. The lowest BCUT2D eigenvalue weighted by Gasteiger charge is -2.48. The first-order valence-corrected chi connectivity index (χ1v) is 20.6. The van der Waals surface area contributed by atoms with Gasteiger partial charge in [-0.3, -0.25) is 0 Å². The molecule has 0 unspecified atom stereocenters. The number of benzene rings is 9. The number of aromatic nitrogens is 1. The molecule has 5 nitrogen and oxygen atoms in total. The van der Waals surface area contributed by atoms with Crippen LogP contribution < -0.4 is 20.6 Å². The van der Waals surface area contributed by atoms with Gasteiger partial charge in [-0.2, -0.15) is 0 Å². The Labute approximate surface area is 343 Å². The Balaban J connectivity index is 1.08. The highest BCUT2D eigenvalue weighted by molar-refractivity contribution is 6.95. The smallest absolute Gasteiger partial charge is 0.333 e. The molecule has 12 aromatic rings. The standard InChI is InChI=1S/C54H30BN3O2/c1-2-12-31(13-3-1)56-41-19-7-4-14-33(41)40-30-32(24-27-42(40)56)57-45-20-10-17-38-49-43(28-25-36-34-15-5-8-22-47(34)59-53(36)49)58-44-29-26-37-35-16-6-9-23-48(35)60-54(37)50(44)39-18-11-21-46(57)52(39)55(58)51(38)45/h1-30H. The Hall–Kier alpha value is -7.96. The van der Waals surface area contributed by atoms with Gasteiger partial charge in [-0.15, -0.1) is 0 Å². The van der Waals surface area contributed by atoms with Crippen molar-refractivity contribution in [3.63, 3.8) is 0 Å². The lowest BCUT2D eigenvalue weighted by atomic mass is 9.41. The molecule has 0 amide bonds. The average molecular weight is 764 g/mol. The molecule has 0 N–H and O–H groups in total. The van der Waals surface area contributed by atoms with Crippen molar-refractivity contribution in [2.75, 3.05) is 9.71 Å². The number of furan rings is 2. The van der Waals surface area contributed by atoms with Gasteiger partial charge in [0.25, 0.3) is 0 Å². The number of anilines is 5. The van der Waals surface area contributed by atoms with Gasteiger partial charge in [0.05, 0.1) is 11.0 Å². The molecule has 276 valence electrons. The van der Waals surface area contributed by atoms with Gasteiger partial charge in [-0.05, 0) is 107 Å². The van der Waals surface area contributed by atoms with E-state index in [1.165, 1.54) is 55.2 Å². The SMILES string of the molecule is c1ccc(-n2c3ccccc3c3cc(N4c5cccc6c5B5c7c(cccc74)-c4c(ccc7c4oc4ccccc47)N5c4ccc5c(oc7ccccc75)c4-6)ccc32)cc1. The number of nitrogens with zero attached hydrogens (tertiary/aromatic N) is 3. The van der Waals surface area contributed by atoms with Crippen LogP contribution >= 0.6 is 0 Å². The third-order valence-corrected chi connectivity index (χ3v) is 13.5. The second-order valence-electron chi connectivity index (χ2n) is 16.3. The molecular formula is C54H30BN3O2. The van der Waals surface area contributed by atoms with Crippen molar-refractivity contribution in [2.24, 2.45) is 0 Å². The number of hydrogen-bond donors (Lipinski definition) is 0. The van der Waals surface area contributed by atoms with E-state index in [9.17, 15) is 0 Å². The van der Waals surface area contributed by atoms with Crippen LogP contribution in [0.5, 0.6) is 0 Å². The van der Waals surface area contributed by atoms with Crippen LogP contribution in [0.1, 0.15) is 0 Å². The highest BCUT2D eigenvalue weighted by Crippen LogP contribution is 2.55. The Bertz CT molecular complexity index is 3700. The summed E-state index contributed by atoms with van der Waals surface area (Å²) in [5, 5.41) is 6.95. The fourth-order valence-electron chi connectivity index (χ4n) is 11.2. The summed E-state index contributed by atoms with van der Waals surface area (Å²) < 4.78 is 16.2. The topological polar surface area (TPSA) is 37.7 Å². The van der Waals surface area contributed by atoms with Crippen molar-refractivity contribution >= 4 is 112 Å². The molecule has 3 aromatic heterocycles. The van der Waals surface area contributed by atoms with Crippen molar-refractivity contribution in [1.82, 2.24) is 4.57 Å². The Kier molecular flexibility index (Phi) is 5.67. The maximum absolute atomic E-state index is 6.89. The minimum atomic E-state index is -0.0777. The molecule has 0 bridgehead atoms. The minimum Gasteiger partial charge on any atom is -0.455 e. The minimum absolute atomic E-state index is 0.0777. The predicted octanol–water partition coefficient (Wildman–Crippen LogP) is 13.3. The lowest BCUT2D eigenvalue weighted by Crippen LogP contribution is -2.63. The van der Waals surface area contributed by atoms with Crippen molar-refractivity contribution in [1.29, 1.82) is 0 Å². The Morgan fingerprint density at radius 1 is 0.367 bits per heavy atom. The first-order valence-electron chi connectivity index (χ1n) is 20.6. The molecule has 0 saturated carbocycles. The van der Waals surface area contributed by atoms with Crippen LogP contribution in [0, 0.1) is 0 Å². The molecule has 0 radical (unpaired) electrons. The van der Waals surface area contributed by atoms with Gasteiger partial charge in [0, 0.05) is 77.6 Å². The summed E-state index contributed by atoms with van der Waals surface area (Å²) in [5.41, 5.74) is 20.1. The largest absolute Gasteiger partial charge is 0.455 e. The van der Waals surface area contributed by atoms with E-state index in [-0.39, 0.29) is 6.85 Å². The number of fused-ring (bicyclic) bond motifs is 17. The van der Waals surface area contributed by atoms with E-state index in [0.29, 0.717) is 0 Å². The summed E-state index contributed by atoms with van der Waals surface area (Å²) in [7, 11) is 0. The van der Waals surface area contributed by atoms with E-state index in [2.05, 4.69) is 196 Å². The Morgan fingerprint density at radius 3 is 1.55 bits per heavy atom. The van der Waals surface area contributed by atoms with Crippen LogP contribution in [-0.2, 0) is 0 Å². The fourth-order valence-corrected chi connectivity index (χ4v) is 11.2. The first-order chi connectivity index (χ1) is 29.8. The van der Waals surface area contributed by atoms with Gasteiger partial charge in [0.1, 0.15) is 22.3 Å². The summed E-state index contributed by atoms with van der Waals surface area (Å²) in [6.07, 6.45) is 0. The molecule has 6 heterocycles. The zero-order valence-corrected chi connectivity index (χ0v) is 32.1. The average Bonchev–Trinajstić information content (AvgIpc) is 3.99. The number of rotatable bonds is 2. The highest BCUT2D eigenvalue weighted by atomic mass is 16.3. The van der Waals surface area contributed by atoms with Crippen molar-refractivity contribution in [3.05, 3.63) is 182 Å². The van der Waals surface area contributed by atoms with Gasteiger partial charge < -0.3 is 23.1 Å². The van der Waals surface area contributed by atoms with Crippen LogP contribution in [0.25, 0.3) is 93.6 Å². The second-order valence-corrected chi connectivity index (χ2v) is 16.3. The monoisotopic (exact) mass is 763 g/mol. The summed E-state index contributed by atoms with van der Waals surface area (Å²) >= 11 is 0. The van der Waals surface area contributed by atoms with Crippen molar-refractivity contribution in [3.8, 4) is 27.9 Å². The van der Waals surface area contributed by atoms with Crippen molar-refractivity contribution in [2.45, 2.75) is 0 Å². The van der Waals surface area contributed by atoms with E-state index in [1.54, 1.807) is 0 Å². The van der Waals surface area contributed by atoms with Gasteiger partial charge in [0.15, 0.2) is 0 Å². The summed E-state index contributed by atoms with van der Waals surface area (Å²) in [6.45, 7) is -0.0777. The van der Waals surface area contributed by atoms with Gasteiger partial charge >= 0.3 is 6.85 Å². The summed E-state index contributed by atoms with van der Waals surface area (Å²) in [4.78, 5) is 5.09. The Morgan fingerprint density at radius 2 is 0.917 bits per heavy atom. The van der Waals surface area contributed by atoms with Gasteiger partial charge in [-0.25, -0.2) is 0 Å². The van der Waals surface area contributed by atoms with E-state index in [1.807, 2.05) is 0 Å². The van der Waals surface area contributed by atoms with Gasteiger partial charge in [0.2, 0.25) is 0 Å². The molecule has 0 aliphatic carbocycles. The molecule has 60 heavy (non-hydrogen) atoms. The highest BCUT2D eigenvalue weighted by Gasteiger charge is 2.50. The maximum Gasteiger partial charge on any atom is 0.333 e. The number of hydrogen-bond acceptors (Lipinski definition) is 4. The molecule has 0 spiro atoms.